The van der Waals surface area contributed by atoms with E-state index in [1.807, 2.05) is 0 Å². The van der Waals surface area contributed by atoms with Crippen LogP contribution in [0.25, 0.3) is 0 Å². The van der Waals surface area contributed by atoms with Gasteiger partial charge in [0.2, 0.25) is 0 Å². The first-order valence-electron chi connectivity index (χ1n) is 12.4. The van der Waals surface area contributed by atoms with Crippen molar-refractivity contribution in [3.05, 3.63) is 29.3 Å². The number of hydrogen-bond acceptors (Lipinski definition) is 1. The highest BCUT2D eigenvalue weighted by Crippen LogP contribution is 2.44. The lowest BCUT2D eigenvalue weighted by atomic mass is 9.68. The first kappa shape index (κ1) is 27.1. The summed E-state index contributed by atoms with van der Waals surface area (Å²) in [5.41, 5.74) is 3.61. The summed E-state index contributed by atoms with van der Waals surface area (Å²) in [6.07, 6.45) is 8.66. The van der Waals surface area contributed by atoms with E-state index in [2.05, 4.69) is 94.4 Å². The molecule has 1 aromatic carbocycles. The first-order valence-corrected chi connectivity index (χ1v) is 12.4. The number of ether oxygens (including phenoxy) is 1. The summed E-state index contributed by atoms with van der Waals surface area (Å²) < 4.78 is 6.39. The second kappa shape index (κ2) is 10.6. The van der Waals surface area contributed by atoms with Gasteiger partial charge in [-0.2, -0.15) is 0 Å². The summed E-state index contributed by atoms with van der Waals surface area (Å²) in [7, 11) is 0. The van der Waals surface area contributed by atoms with Crippen LogP contribution in [0.15, 0.2) is 18.2 Å². The maximum atomic E-state index is 6.39. The van der Waals surface area contributed by atoms with E-state index in [4.69, 9.17) is 4.74 Å². The van der Waals surface area contributed by atoms with Crippen molar-refractivity contribution in [1.29, 1.82) is 0 Å². The second-order valence-corrected chi connectivity index (χ2v) is 13.2. The zero-order valence-corrected chi connectivity index (χ0v) is 22.3. The summed E-state index contributed by atoms with van der Waals surface area (Å²) in [4.78, 5) is 0. The van der Waals surface area contributed by atoms with E-state index < -0.39 is 0 Å². The van der Waals surface area contributed by atoms with Crippen molar-refractivity contribution in [2.75, 3.05) is 6.61 Å². The Kier molecular flexibility index (Phi) is 9.52. The molecule has 0 fully saturated rings. The monoisotopic (exact) mass is 416 g/mol. The molecule has 1 nitrogen and oxygen atoms in total. The molecule has 0 radical (unpaired) electrons. The average Bonchev–Trinajstić information content (AvgIpc) is 2.53. The molecule has 0 heterocycles. The Morgan fingerprint density at radius 2 is 1.20 bits per heavy atom. The van der Waals surface area contributed by atoms with E-state index in [1.165, 1.54) is 36.8 Å². The largest absolute Gasteiger partial charge is 0.493 e. The van der Waals surface area contributed by atoms with E-state index in [1.54, 1.807) is 0 Å². The SMILES string of the molecule is CCCCCCCOc1ccc(C(C)(C)CC(C)(C)C)cc1C(C)(C)CC(C)(C)C. The molecule has 0 saturated heterocycles. The quantitative estimate of drug-likeness (QED) is 0.326. The molecule has 30 heavy (non-hydrogen) atoms. The maximum absolute atomic E-state index is 6.39. The van der Waals surface area contributed by atoms with Crippen molar-refractivity contribution in [3.63, 3.8) is 0 Å². The molecule has 0 aliphatic carbocycles. The Labute approximate surface area is 189 Å². The molecule has 1 aromatic rings. The van der Waals surface area contributed by atoms with Crippen molar-refractivity contribution in [2.45, 2.75) is 132 Å². The Morgan fingerprint density at radius 1 is 0.667 bits per heavy atom. The van der Waals surface area contributed by atoms with E-state index >= 15 is 0 Å². The lowest BCUT2D eigenvalue weighted by molar-refractivity contribution is 0.260. The van der Waals surface area contributed by atoms with Gasteiger partial charge in [0.15, 0.2) is 0 Å². The molecule has 0 aliphatic heterocycles. The summed E-state index contributed by atoms with van der Waals surface area (Å²) in [6, 6.07) is 7.03. The topological polar surface area (TPSA) is 9.23 Å². The molecule has 0 aliphatic rings. The van der Waals surface area contributed by atoms with Crippen LogP contribution in [0, 0.1) is 10.8 Å². The smallest absolute Gasteiger partial charge is 0.123 e. The Balaban J connectivity index is 3.18. The predicted molar refractivity (Wildman–Crippen MR) is 135 cm³/mol. The lowest BCUT2D eigenvalue weighted by Gasteiger charge is -2.37. The molecule has 174 valence electrons. The fourth-order valence-corrected chi connectivity index (χ4v) is 5.34. The van der Waals surface area contributed by atoms with Gasteiger partial charge in [0.05, 0.1) is 6.61 Å². The van der Waals surface area contributed by atoms with Crippen molar-refractivity contribution < 1.29 is 4.74 Å². The van der Waals surface area contributed by atoms with Crippen molar-refractivity contribution in [3.8, 4) is 5.75 Å². The van der Waals surface area contributed by atoms with Crippen LogP contribution in [-0.2, 0) is 10.8 Å². The molecule has 0 N–H and O–H groups in total. The van der Waals surface area contributed by atoms with Gasteiger partial charge in [-0.05, 0) is 52.6 Å². The minimum Gasteiger partial charge on any atom is -0.493 e. The van der Waals surface area contributed by atoms with Crippen LogP contribution in [0.3, 0.4) is 0 Å². The molecule has 0 unspecified atom stereocenters. The summed E-state index contributed by atoms with van der Waals surface area (Å²) >= 11 is 0. The highest BCUT2D eigenvalue weighted by Gasteiger charge is 2.33. The second-order valence-electron chi connectivity index (χ2n) is 13.2. The van der Waals surface area contributed by atoms with Gasteiger partial charge >= 0.3 is 0 Å². The molecule has 0 aromatic heterocycles. The fourth-order valence-electron chi connectivity index (χ4n) is 5.34. The fraction of sp³-hybridized carbons (Fsp3) is 0.793. The van der Waals surface area contributed by atoms with Gasteiger partial charge in [0, 0.05) is 5.56 Å². The van der Waals surface area contributed by atoms with Crippen LogP contribution in [0.2, 0.25) is 0 Å². The van der Waals surface area contributed by atoms with Gasteiger partial charge in [-0.3, -0.25) is 0 Å². The van der Waals surface area contributed by atoms with Crippen LogP contribution >= 0.6 is 0 Å². The summed E-state index contributed by atoms with van der Waals surface area (Å²) in [6.45, 7) is 26.7. The molecule has 0 spiro atoms. The van der Waals surface area contributed by atoms with Crippen LogP contribution in [0.4, 0.5) is 0 Å². The zero-order chi connectivity index (χ0) is 23.2. The normalized spacial score (nSPS) is 13.6. The van der Waals surface area contributed by atoms with E-state index in [0.29, 0.717) is 5.41 Å². The molecule has 0 amide bonds. The minimum atomic E-state index is 0.0730. The molecule has 0 bridgehead atoms. The number of hydrogen-bond donors (Lipinski definition) is 0. The van der Waals surface area contributed by atoms with Gasteiger partial charge in [-0.1, -0.05) is 114 Å². The van der Waals surface area contributed by atoms with Crippen LogP contribution in [0.5, 0.6) is 5.75 Å². The van der Waals surface area contributed by atoms with Crippen LogP contribution < -0.4 is 4.74 Å². The molecule has 1 rings (SSSR count). The number of unbranched alkanes of at least 4 members (excludes halogenated alkanes) is 4. The maximum Gasteiger partial charge on any atom is 0.123 e. The van der Waals surface area contributed by atoms with Gasteiger partial charge in [-0.15, -0.1) is 0 Å². The van der Waals surface area contributed by atoms with Gasteiger partial charge in [0.25, 0.3) is 0 Å². The molecule has 0 atom stereocenters. The van der Waals surface area contributed by atoms with Crippen LogP contribution in [-0.4, -0.2) is 6.61 Å². The number of benzene rings is 1. The molecule has 1 heteroatoms. The van der Waals surface area contributed by atoms with Crippen LogP contribution in [0.1, 0.15) is 132 Å². The lowest BCUT2D eigenvalue weighted by Crippen LogP contribution is -2.28. The highest BCUT2D eigenvalue weighted by atomic mass is 16.5. The summed E-state index contributed by atoms with van der Waals surface area (Å²) in [5.74, 6) is 1.09. The van der Waals surface area contributed by atoms with Crippen molar-refractivity contribution >= 4 is 0 Å². The third kappa shape index (κ3) is 9.44. The van der Waals surface area contributed by atoms with E-state index in [9.17, 15) is 0 Å². The third-order valence-electron chi connectivity index (χ3n) is 5.94. The Morgan fingerprint density at radius 3 is 1.73 bits per heavy atom. The van der Waals surface area contributed by atoms with Crippen molar-refractivity contribution in [1.82, 2.24) is 0 Å². The minimum absolute atomic E-state index is 0.0730. The Bertz CT molecular complexity index is 637. The summed E-state index contributed by atoms with van der Waals surface area (Å²) in [5, 5.41) is 0. The molecular weight excluding hydrogens is 364 g/mol. The molecular formula is C29H52O. The Hall–Kier alpha value is -0.980. The first-order chi connectivity index (χ1) is 13.6. The average molecular weight is 417 g/mol. The third-order valence-corrected chi connectivity index (χ3v) is 5.94. The van der Waals surface area contributed by atoms with Gasteiger partial charge in [-0.25, -0.2) is 0 Å². The van der Waals surface area contributed by atoms with Gasteiger partial charge in [0.1, 0.15) is 5.75 Å². The molecule has 0 saturated carbocycles. The van der Waals surface area contributed by atoms with Crippen molar-refractivity contribution in [2.24, 2.45) is 10.8 Å². The number of rotatable bonds is 11. The standard InChI is InChI=1S/C29H52O/c1-12-13-14-15-16-19-30-25-18-17-23(28(8,9)21-26(2,3)4)20-24(25)29(10,11)22-27(5,6)7/h17-18,20H,12-16,19,21-22H2,1-11H3. The predicted octanol–water partition coefficient (Wildman–Crippen LogP) is 9.46. The zero-order valence-electron chi connectivity index (χ0n) is 22.3. The highest BCUT2D eigenvalue weighted by molar-refractivity contribution is 5.44. The van der Waals surface area contributed by atoms with Gasteiger partial charge < -0.3 is 4.74 Å². The van der Waals surface area contributed by atoms with E-state index in [-0.39, 0.29) is 16.2 Å². The van der Waals surface area contributed by atoms with E-state index in [0.717, 1.165) is 31.6 Å².